The standard InChI is InChI=1S/C13H15N5/c1-2-6-16-12(5-1)18-13-9-14-8-11(17-13)10-4-3-7-15-10/h1-2,5-6,8-10,15H,3-4,7H2,(H,16,17,18). The minimum atomic E-state index is 0.336. The zero-order valence-corrected chi connectivity index (χ0v) is 10.0. The van der Waals surface area contributed by atoms with Crippen LogP contribution in [0.1, 0.15) is 24.6 Å². The SMILES string of the molecule is c1ccc(Nc2cncc(C3CCCN3)n2)nc1. The maximum absolute atomic E-state index is 4.57. The summed E-state index contributed by atoms with van der Waals surface area (Å²) in [6.07, 6.45) is 7.61. The number of nitrogens with zero attached hydrogens (tertiary/aromatic N) is 3. The number of aromatic nitrogens is 3. The summed E-state index contributed by atoms with van der Waals surface area (Å²) in [6.45, 7) is 1.06. The highest BCUT2D eigenvalue weighted by Crippen LogP contribution is 2.22. The topological polar surface area (TPSA) is 62.7 Å². The summed E-state index contributed by atoms with van der Waals surface area (Å²) in [5.74, 6) is 1.52. The molecule has 0 amide bonds. The van der Waals surface area contributed by atoms with Gasteiger partial charge in [0, 0.05) is 6.20 Å². The van der Waals surface area contributed by atoms with E-state index in [1.165, 1.54) is 6.42 Å². The highest BCUT2D eigenvalue weighted by Gasteiger charge is 2.17. The van der Waals surface area contributed by atoms with Gasteiger partial charge < -0.3 is 10.6 Å². The van der Waals surface area contributed by atoms with Crippen LogP contribution in [0.15, 0.2) is 36.8 Å². The summed E-state index contributed by atoms with van der Waals surface area (Å²) in [5, 5.41) is 6.57. The van der Waals surface area contributed by atoms with Crippen molar-refractivity contribution in [3.8, 4) is 0 Å². The van der Waals surface area contributed by atoms with Crippen molar-refractivity contribution >= 4 is 11.6 Å². The second-order valence-corrected chi connectivity index (χ2v) is 4.32. The molecule has 5 heteroatoms. The third-order valence-electron chi connectivity index (χ3n) is 2.99. The van der Waals surface area contributed by atoms with E-state index in [-0.39, 0.29) is 0 Å². The number of anilines is 2. The molecule has 0 spiro atoms. The van der Waals surface area contributed by atoms with Crippen molar-refractivity contribution in [1.82, 2.24) is 20.3 Å². The first-order valence-corrected chi connectivity index (χ1v) is 6.15. The Kier molecular flexibility index (Phi) is 3.14. The van der Waals surface area contributed by atoms with E-state index in [1.54, 1.807) is 12.4 Å². The van der Waals surface area contributed by atoms with Gasteiger partial charge in [-0.3, -0.25) is 4.98 Å². The van der Waals surface area contributed by atoms with Crippen LogP contribution in [0.5, 0.6) is 0 Å². The molecule has 0 radical (unpaired) electrons. The summed E-state index contributed by atoms with van der Waals surface area (Å²) < 4.78 is 0. The van der Waals surface area contributed by atoms with Crippen molar-refractivity contribution in [1.29, 1.82) is 0 Å². The van der Waals surface area contributed by atoms with Gasteiger partial charge in [-0.25, -0.2) is 9.97 Å². The first-order valence-electron chi connectivity index (χ1n) is 6.15. The van der Waals surface area contributed by atoms with Crippen molar-refractivity contribution in [3.05, 3.63) is 42.5 Å². The van der Waals surface area contributed by atoms with E-state index in [4.69, 9.17) is 0 Å². The molecule has 0 aromatic carbocycles. The molecule has 2 aromatic heterocycles. The van der Waals surface area contributed by atoms with Crippen LogP contribution in [-0.2, 0) is 0 Å². The maximum atomic E-state index is 4.57. The van der Waals surface area contributed by atoms with Crippen molar-refractivity contribution < 1.29 is 0 Å². The van der Waals surface area contributed by atoms with Crippen molar-refractivity contribution in [3.63, 3.8) is 0 Å². The summed E-state index contributed by atoms with van der Waals surface area (Å²) in [6, 6.07) is 6.06. The fourth-order valence-corrected chi connectivity index (χ4v) is 2.11. The molecule has 2 aromatic rings. The van der Waals surface area contributed by atoms with Gasteiger partial charge in [0.1, 0.15) is 11.6 Å². The maximum Gasteiger partial charge on any atom is 0.150 e. The summed E-state index contributed by atoms with van der Waals surface area (Å²) in [4.78, 5) is 13.0. The predicted molar refractivity (Wildman–Crippen MR) is 69.5 cm³/mol. The van der Waals surface area contributed by atoms with Gasteiger partial charge in [-0.15, -0.1) is 0 Å². The largest absolute Gasteiger partial charge is 0.324 e. The monoisotopic (exact) mass is 241 g/mol. The van der Waals surface area contributed by atoms with Crippen LogP contribution in [-0.4, -0.2) is 21.5 Å². The Hall–Kier alpha value is -2.01. The molecule has 1 aliphatic heterocycles. The van der Waals surface area contributed by atoms with E-state index in [9.17, 15) is 0 Å². The smallest absolute Gasteiger partial charge is 0.150 e. The quantitative estimate of drug-likeness (QED) is 0.861. The van der Waals surface area contributed by atoms with Gasteiger partial charge in [0.2, 0.25) is 0 Å². The molecule has 1 saturated heterocycles. The molecule has 18 heavy (non-hydrogen) atoms. The van der Waals surface area contributed by atoms with Crippen LogP contribution >= 0.6 is 0 Å². The molecule has 1 atom stereocenters. The molecule has 0 aliphatic carbocycles. The van der Waals surface area contributed by atoms with Crippen LogP contribution in [0, 0.1) is 0 Å². The lowest BCUT2D eigenvalue weighted by atomic mass is 10.2. The molecule has 0 saturated carbocycles. The Morgan fingerprint density at radius 3 is 3.00 bits per heavy atom. The van der Waals surface area contributed by atoms with E-state index in [1.807, 2.05) is 24.4 Å². The number of pyridine rings is 1. The molecule has 1 aliphatic rings. The van der Waals surface area contributed by atoms with Crippen LogP contribution in [0.3, 0.4) is 0 Å². The van der Waals surface area contributed by atoms with Crippen molar-refractivity contribution in [2.75, 3.05) is 11.9 Å². The molecule has 3 rings (SSSR count). The van der Waals surface area contributed by atoms with Gasteiger partial charge >= 0.3 is 0 Å². The summed E-state index contributed by atoms with van der Waals surface area (Å²) in [5.41, 5.74) is 0.994. The zero-order valence-electron chi connectivity index (χ0n) is 10.0. The van der Waals surface area contributed by atoms with Crippen LogP contribution < -0.4 is 10.6 Å². The van der Waals surface area contributed by atoms with E-state index < -0.39 is 0 Å². The van der Waals surface area contributed by atoms with Gasteiger partial charge in [0.15, 0.2) is 0 Å². The van der Waals surface area contributed by atoms with Crippen LogP contribution in [0.2, 0.25) is 0 Å². The Bertz CT molecular complexity index is 508. The first-order chi connectivity index (χ1) is 8.92. The Morgan fingerprint density at radius 1 is 1.22 bits per heavy atom. The zero-order chi connectivity index (χ0) is 12.2. The van der Waals surface area contributed by atoms with Crippen LogP contribution in [0.4, 0.5) is 11.6 Å². The van der Waals surface area contributed by atoms with Crippen molar-refractivity contribution in [2.24, 2.45) is 0 Å². The fourth-order valence-electron chi connectivity index (χ4n) is 2.11. The summed E-state index contributed by atoms with van der Waals surface area (Å²) >= 11 is 0. The average Bonchev–Trinajstić information content (AvgIpc) is 2.94. The number of nitrogens with one attached hydrogen (secondary N) is 2. The minimum absolute atomic E-state index is 0.336. The Balaban J connectivity index is 1.78. The number of rotatable bonds is 3. The normalized spacial score (nSPS) is 18.8. The third-order valence-corrected chi connectivity index (χ3v) is 2.99. The van der Waals surface area contributed by atoms with E-state index in [2.05, 4.69) is 25.6 Å². The van der Waals surface area contributed by atoms with Crippen LogP contribution in [0.25, 0.3) is 0 Å². The Labute approximate surface area is 106 Å². The van der Waals surface area contributed by atoms with Gasteiger partial charge in [-0.1, -0.05) is 6.07 Å². The van der Waals surface area contributed by atoms with Gasteiger partial charge in [-0.2, -0.15) is 0 Å². The lowest BCUT2D eigenvalue weighted by molar-refractivity contribution is 0.625. The van der Waals surface area contributed by atoms with E-state index >= 15 is 0 Å². The second-order valence-electron chi connectivity index (χ2n) is 4.32. The highest BCUT2D eigenvalue weighted by atomic mass is 15.1. The summed E-state index contributed by atoms with van der Waals surface area (Å²) in [7, 11) is 0. The molecule has 1 unspecified atom stereocenters. The van der Waals surface area contributed by atoms with E-state index in [0.717, 1.165) is 30.3 Å². The molecule has 3 heterocycles. The molecular weight excluding hydrogens is 226 g/mol. The Morgan fingerprint density at radius 2 is 2.22 bits per heavy atom. The lowest BCUT2D eigenvalue weighted by Gasteiger charge is -2.10. The molecule has 92 valence electrons. The number of hydrogen-bond donors (Lipinski definition) is 2. The third kappa shape index (κ3) is 2.46. The lowest BCUT2D eigenvalue weighted by Crippen LogP contribution is -2.15. The second kappa shape index (κ2) is 5.10. The van der Waals surface area contributed by atoms with Gasteiger partial charge in [-0.05, 0) is 31.5 Å². The molecular formula is C13H15N5. The highest BCUT2D eigenvalue weighted by molar-refractivity contribution is 5.49. The van der Waals surface area contributed by atoms with E-state index in [0.29, 0.717) is 6.04 Å². The first kappa shape index (κ1) is 11.1. The number of hydrogen-bond acceptors (Lipinski definition) is 5. The van der Waals surface area contributed by atoms with Crippen molar-refractivity contribution in [2.45, 2.75) is 18.9 Å². The molecule has 5 nitrogen and oxygen atoms in total. The molecule has 2 N–H and O–H groups in total. The van der Waals surface area contributed by atoms with Gasteiger partial charge in [0.05, 0.1) is 24.1 Å². The average molecular weight is 241 g/mol. The van der Waals surface area contributed by atoms with Gasteiger partial charge in [0.25, 0.3) is 0 Å². The molecule has 0 bridgehead atoms. The predicted octanol–water partition coefficient (Wildman–Crippen LogP) is 2.04. The fraction of sp³-hybridized carbons (Fsp3) is 0.308. The minimum Gasteiger partial charge on any atom is -0.324 e. The molecule has 1 fully saturated rings.